The van der Waals surface area contributed by atoms with Crippen molar-refractivity contribution in [1.82, 2.24) is 19.6 Å². The van der Waals surface area contributed by atoms with Crippen LogP contribution >= 0.6 is 0 Å². The second-order valence-corrected chi connectivity index (χ2v) is 11.4. The number of ketones is 1. The number of rotatable bonds is 7. The Hall–Kier alpha value is -3.50. The van der Waals surface area contributed by atoms with E-state index in [0.717, 1.165) is 37.1 Å². The van der Waals surface area contributed by atoms with Gasteiger partial charge in [0.2, 0.25) is 0 Å². The van der Waals surface area contributed by atoms with E-state index in [9.17, 15) is 27.9 Å². The molecule has 8 nitrogen and oxygen atoms in total. The Morgan fingerprint density at radius 2 is 1.82 bits per heavy atom. The van der Waals surface area contributed by atoms with Crippen LogP contribution in [0.3, 0.4) is 0 Å². The Balaban J connectivity index is 1.36. The molecule has 40 heavy (non-hydrogen) atoms. The molecule has 1 aromatic carbocycles. The van der Waals surface area contributed by atoms with Crippen LogP contribution in [0.1, 0.15) is 72.4 Å². The van der Waals surface area contributed by atoms with Crippen molar-refractivity contribution < 1.29 is 32.6 Å². The molecule has 1 aliphatic heterocycles. The maximum absolute atomic E-state index is 13.5. The molecule has 3 aromatic rings. The molecule has 2 fully saturated rings. The lowest BCUT2D eigenvalue weighted by atomic mass is 9.73. The van der Waals surface area contributed by atoms with E-state index in [-0.39, 0.29) is 35.9 Å². The Morgan fingerprint density at radius 1 is 1.10 bits per heavy atom. The predicted molar refractivity (Wildman–Crippen MR) is 139 cm³/mol. The average Bonchev–Trinajstić information content (AvgIpc) is 3.53. The van der Waals surface area contributed by atoms with Crippen LogP contribution in [-0.2, 0) is 33.6 Å². The largest absolute Gasteiger partial charge is 0.507 e. The Kier molecular flexibility index (Phi) is 7.35. The number of Topliss-reactive ketones (excluding diaryl/α,β-unsaturated/α-hetero) is 1. The number of hydrogen-bond donors (Lipinski definition) is 1. The van der Waals surface area contributed by atoms with Crippen LogP contribution in [0.5, 0.6) is 5.75 Å². The second kappa shape index (κ2) is 10.5. The Labute approximate surface area is 230 Å². The number of cyclic esters (lactones) is 1. The first kappa shape index (κ1) is 28.0. The molecule has 3 heterocycles. The number of benzene rings is 1. The van der Waals surface area contributed by atoms with E-state index in [2.05, 4.69) is 15.1 Å². The van der Waals surface area contributed by atoms with Crippen LogP contribution < -0.4 is 0 Å². The average molecular weight is 559 g/mol. The fraction of sp³-hybridized carbons (Fsp3) is 0.552. The maximum atomic E-state index is 13.5. The summed E-state index contributed by atoms with van der Waals surface area (Å²) >= 11 is 0. The topological polar surface area (TPSA) is 107 Å². The summed E-state index contributed by atoms with van der Waals surface area (Å²) in [7, 11) is 0. The smallest absolute Gasteiger partial charge is 0.393 e. The summed E-state index contributed by atoms with van der Waals surface area (Å²) in [6.45, 7) is 5.28. The molecule has 2 atom stereocenters. The highest BCUT2D eigenvalue weighted by atomic mass is 19.4. The Morgan fingerprint density at radius 3 is 2.50 bits per heavy atom. The molecule has 1 aliphatic carbocycles. The van der Waals surface area contributed by atoms with Crippen molar-refractivity contribution in [3.8, 4) is 5.75 Å². The molecule has 0 bridgehead atoms. The van der Waals surface area contributed by atoms with Crippen molar-refractivity contribution in [3.63, 3.8) is 0 Å². The van der Waals surface area contributed by atoms with Crippen LogP contribution in [0, 0.1) is 32.6 Å². The number of phenolic OH excluding ortho intramolecular Hbond substituents is 1. The summed E-state index contributed by atoms with van der Waals surface area (Å²) in [5.41, 5.74) is 1.37. The number of aromatic hydroxyl groups is 1. The van der Waals surface area contributed by atoms with E-state index in [1.54, 1.807) is 17.5 Å². The minimum absolute atomic E-state index is 0.00245. The number of alkyl halides is 3. The van der Waals surface area contributed by atoms with Crippen molar-refractivity contribution in [2.45, 2.75) is 90.3 Å². The van der Waals surface area contributed by atoms with Crippen LogP contribution in [0.25, 0.3) is 5.78 Å². The third kappa shape index (κ3) is 5.69. The lowest BCUT2D eigenvalue weighted by Crippen LogP contribution is -2.52. The maximum Gasteiger partial charge on any atom is 0.393 e. The van der Waals surface area contributed by atoms with Crippen molar-refractivity contribution in [3.05, 3.63) is 52.1 Å². The lowest BCUT2D eigenvalue weighted by Gasteiger charge is -2.43. The van der Waals surface area contributed by atoms with Crippen LogP contribution in [0.2, 0.25) is 0 Å². The summed E-state index contributed by atoms with van der Waals surface area (Å²) < 4.78 is 47.0. The quantitative estimate of drug-likeness (QED) is 0.318. The first-order valence-corrected chi connectivity index (χ1v) is 13.7. The van der Waals surface area contributed by atoms with Gasteiger partial charge >= 0.3 is 12.1 Å². The number of phenols is 1. The number of esters is 1. The molecular formula is C29H33F3N4O4. The third-order valence-electron chi connectivity index (χ3n) is 8.27. The van der Waals surface area contributed by atoms with Gasteiger partial charge in [-0.1, -0.05) is 25.0 Å². The summed E-state index contributed by atoms with van der Waals surface area (Å²) in [6, 6.07) is 4.88. The van der Waals surface area contributed by atoms with Crippen LogP contribution in [0.15, 0.2) is 18.2 Å². The number of carbonyl (C=O) groups is 2. The van der Waals surface area contributed by atoms with E-state index in [0.29, 0.717) is 35.6 Å². The van der Waals surface area contributed by atoms with Crippen molar-refractivity contribution >= 4 is 17.5 Å². The molecule has 5 rings (SSSR count). The molecule has 2 unspecified atom stereocenters. The zero-order valence-corrected chi connectivity index (χ0v) is 22.8. The normalized spacial score (nSPS) is 22.3. The number of aromatic nitrogens is 4. The van der Waals surface area contributed by atoms with Gasteiger partial charge < -0.3 is 9.84 Å². The highest BCUT2D eigenvalue weighted by Gasteiger charge is 2.51. The number of nitrogens with zero attached hydrogens (tertiary/aromatic N) is 4. The van der Waals surface area contributed by atoms with E-state index < -0.39 is 30.1 Å². The van der Waals surface area contributed by atoms with Gasteiger partial charge in [-0.15, -0.1) is 5.10 Å². The second-order valence-electron chi connectivity index (χ2n) is 11.4. The lowest BCUT2D eigenvalue weighted by molar-refractivity contribution is -0.185. The SMILES string of the molecule is Cc1cc(C)n2nc(CC3C(=O)CC(CCc4cc(C)c(O)c(CC(F)(F)F)c4)(C4CCCC4)OC3=O)nc2n1. The fourth-order valence-corrected chi connectivity index (χ4v) is 6.34. The summed E-state index contributed by atoms with van der Waals surface area (Å²) in [5.74, 6) is -1.50. The summed E-state index contributed by atoms with van der Waals surface area (Å²) in [6.07, 6.45) is -1.45. The molecule has 2 aliphatic rings. The standard InChI is InChI=1S/C29H33F3N4O4/c1-16-10-19(12-20(25(16)38)14-29(30,31)32)8-9-28(21-6-4-5-7-21)15-23(37)22(26(39)40-28)13-24-34-27-33-17(2)11-18(3)36(27)35-24/h10-12,21-22,38H,4-9,13-15H2,1-3H3. The number of halogens is 3. The van der Waals surface area contributed by atoms with Crippen molar-refractivity contribution in [2.24, 2.45) is 11.8 Å². The van der Waals surface area contributed by atoms with Crippen LogP contribution in [-0.4, -0.2) is 48.2 Å². The molecular weight excluding hydrogens is 525 g/mol. The zero-order valence-electron chi connectivity index (χ0n) is 22.8. The first-order chi connectivity index (χ1) is 18.8. The molecule has 11 heteroatoms. The molecule has 1 saturated carbocycles. The van der Waals surface area contributed by atoms with E-state index in [4.69, 9.17) is 4.74 Å². The number of fused-ring (bicyclic) bond motifs is 1. The molecule has 1 N–H and O–H groups in total. The molecule has 0 radical (unpaired) electrons. The monoisotopic (exact) mass is 558 g/mol. The van der Waals surface area contributed by atoms with Gasteiger partial charge in [0.05, 0.1) is 6.42 Å². The van der Waals surface area contributed by atoms with Gasteiger partial charge in [-0.2, -0.15) is 18.2 Å². The highest BCUT2D eigenvalue weighted by Crippen LogP contribution is 2.45. The molecule has 2 aromatic heterocycles. The Bertz CT molecular complexity index is 1440. The minimum Gasteiger partial charge on any atom is -0.507 e. The first-order valence-electron chi connectivity index (χ1n) is 13.7. The predicted octanol–water partition coefficient (Wildman–Crippen LogP) is 5.10. The van der Waals surface area contributed by atoms with Gasteiger partial charge in [0.15, 0.2) is 11.6 Å². The molecule has 1 saturated heterocycles. The van der Waals surface area contributed by atoms with Crippen LogP contribution in [0.4, 0.5) is 13.2 Å². The number of carbonyl (C=O) groups excluding carboxylic acids is 2. The third-order valence-corrected chi connectivity index (χ3v) is 8.27. The van der Waals surface area contributed by atoms with Crippen molar-refractivity contribution in [1.29, 1.82) is 0 Å². The zero-order chi connectivity index (χ0) is 28.8. The van der Waals surface area contributed by atoms with Gasteiger partial charge in [0.1, 0.15) is 17.3 Å². The fourth-order valence-electron chi connectivity index (χ4n) is 6.34. The van der Waals surface area contributed by atoms with E-state index >= 15 is 0 Å². The molecule has 0 amide bonds. The van der Waals surface area contributed by atoms with Gasteiger partial charge in [-0.3, -0.25) is 9.59 Å². The molecule has 0 spiro atoms. The number of ether oxygens (including phenoxy) is 1. The number of aryl methyl sites for hydroxylation is 4. The van der Waals surface area contributed by atoms with Crippen molar-refractivity contribution in [2.75, 3.05) is 0 Å². The van der Waals surface area contributed by atoms with Gasteiger partial charge in [-0.05, 0) is 69.6 Å². The van der Waals surface area contributed by atoms with Gasteiger partial charge in [0.25, 0.3) is 5.78 Å². The highest BCUT2D eigenvalue weighted by molar-refractivity contribution is 6.01. The summed E-state index contributed by atoms with van der Waals surface area (Å²) in [5, 5.41) is 14.6. The van der Waals surface area contributed by atoms with E-state index in [1.807, 2.05) is 19.9 Å². The van der Waals surface area contributed by atoms with Gasteiger partial charge in [0, 0.05) is 29.8 Å². The summed E-state index contributed by atoms with van der Waals surface area (Å²) in [4.78, 5) is 35.6. The molecule has 214 valence electrons. The number of hydrogen-bond acceptors (Lipinski definition) is 7. The van der Waals surface area contributed by atoms with E-state index in [1.165, 1.54) is 6.07 Å². The van der Waals surface area contributed by atoms with Gasteiger partial charge in [-0.25, -0.2) is 9.50 Å². The minimum atomic E-state index is -4.46.